The lowest BCUT2D eigenvalue weighted by Gasteiger charge is -2.32. The van der Waals surface area contributed by atoms with E-state index in [4.69, 9.17) is 9.31 Å². The van der Waals surface area contributed by atoms with Gasteiger partial charge in [0.05, 0.1) is 11.2 Å². The van der Waals surface area contributed by atoms with E-state index in [2.05, 4.69) is 217 Å². The minimum Gasteiger partial charge on any atom is -0.399 e. The van der Waals surface area contributed by atoms with Crippen molar-refractivity contribution in [2.75, 3.05) is 4.90 Å². The summed E-state index contributed by atoms with van der Waals surface area (Å²) in [6.45, 7) is 15.0. The molecule has 3 nitrogen and oxygen atoms in total. The smallest absolute Gasteiger partial charge is 0.399 e. The van der Waals surface area contributed by atoms with Crippen LogP contribution in [0.4, 0.5) is 17.1 Å². The largest absolute Gasteiger partial charge is 0.494 e. The predicted octanol–water partition coefficient (Wildman–Crippen LogP) is 14.3. The van der Waals surface area contributed by atoms with Crippen molar-refractivity contribution >= 4 is 29.6 Å². The van der Waals surface area contributed by atoms with Crippen LogP contribution in [0.25, 0.3) is 44.5 Å². The molecule has 1 heterocycles. The van der Waals surface area contributed by atoms with Crippen LogP contribution in [-0.2, 0) is 22.2 Å². The Kier molecular flexibility index (Phi) is 11.5. The van der Waals surface area contributed by atoms with E-state index in [1.54, 1.807) is 0 Å². The lowest BCUT2D eigenvalue weighted by Crippen LogP contribution is -2.41. The molecule has 296 valence electrons. The monoisotopic (exact) mass is 773 g/mol. The number of nitrogens with zero attached hydrogens (tertiary/aromatic N) is 1. The maximum Gasteiger partial charge on any atom is 0.494 e. The molecule has 0 saturated carbocycles. The highest BCUT2D eigenvalue weighted by Gasteiger charge is 2.51. The maximum atomic E-state index is 6.28. The van der Waals surface area contributed by atoms with Gasteiger partial charge < -0.3 is 14.2 Å². The molecule has 7 aromatic rings. The molecule has 7 aromatic carbocycles. The number of rotatable bonds is 12. The maximum absolute atomic E-state index is 6.28. The summed E-state index contributed by atoms with van der Waals surface area (Å²) >= 11 is 0. The Morgan fingerprint density at radius 1 is 0.424 bits per heavy atom. The molecule has 1 fully saturated rings. The normalized spacial score (nSPS) is 14.4. The molecule has 1 saturated heterocycles. The highest BCUT2D eigenvalue weighted by atomic mass is 16.7. The lowest BCUT2D eigenvalue weighted by molar-refractivity contribution is 0.00578. The Labute approximate surface area is 352 Å². The second-order valence-electron chi connectivity index (χ2n) is 17.1. The van der Waals surface area contributed by atoms with Crippen molar-refractivity contribution < 1.29 is 9.31 Å². The third-order valence-corrected chi connectivity index (χ3v) is 12.3. The SMILES string of the molecule is CCCc1ccc(-c2ccc(N(c3ccc(-c4ccc(CCC)cc4)cc3)c3ccc(-c4ccc(-c5ccc(B6OC(C)(C)C(C)(C)O6)cc5)cc4)c(C)c3)cc2)cc1. The molecule has 0 aliphatic carbocycles. The molecule has 4 heteroatoms. The van der Waals surface area contributed by atoms with Crippen LogP contribution in [0.3, 0.4) is 0 Å². The second kappa shape index (κ2) is 16.9. The van der Waals surface area contributed by atoms with E-state index in [0.717, 1.165) is 48.2 Å². The summed E-state index contributed by atoms with van der Waals surface area (Å²) < 4.78 is 12.6. The fourth-order valence-corrected chi connectivity index (χ4v) is 8.12. The van der Waals surface area contributed by atoms with Crippen LogP contribution in [0, 0.1) is 6.92 Å². The van der Waals surface area contributed by atoms with Gasteiger partial charge in [-0.15, -0.1) is 0 Å². The number of benzene rings is 7. The van der Waals surface area contributed by atoms with Crippen molar-refractivity contribution in [3.05, 3.63) is 180 Å². The van der Waals surface area contributed by atoms with Crippen LogP contribution in [-0.4, -0.2) is 18.3 Å². The Morgan fingerprint density at radius 3 is 1.15 bits per heavy atom. The number of anilines is 3. The van der Waals surface area contributed by atoms with E-state index < -0.39 is 0 Å². The van der Waals surface area contributed by atoms with E-state index >= 15 is 0 Å². The molecular formula is C55H56BNO2. The van der Waals surface area contributed by atoms with E-state index in [0.29, 0.717) is 0 Å². The van der Waals surface area contributed by atoms with E-state index in [9.17, 15) is 0 Å². The second-order valence-corrected chi connectivity index (χ2v) is 17.1. The Balaban J connectivity index is 1.06. The van der Waals surface area contributed by atoms with Crippen LogP contribution in [0.5, 0.6) is 0 Å². The van der Waals surface area contributed by atoms with Crippen molar-refractivity contribution in [1.29, 1.82) is 0 Å². The number of aryl methyl sites for hydroxylation is 3. The highest BCUT2D eigenvalue weighted by molar-refractivity contribution is 6.62. The van der Waals surface area contributed by atoms with Crippen LogP contribution in [0.2, 0.25) is 0 Å². The van der Waals surface area contributed by atoms with Crippen LogP contribution in [0.15, 0.2) is 164 Å². The van der Waals surface area contributed by atoms with Crippen LogP contribution < -0.4 is 10.4 Å². The predicted molar refractivity (Wildman–Crippen MR) is 251 cm³/mol. The zero-order valence-electron chi connectivity index (χ0n) is 35.8. The van der Waals surface area contributed by atoms with Gasteiger partial charge in [0.25, 0.3) is 0 Å². The topological polar surface area (TPSA) is 21.7 Å². The summed E-state index contributed by atoms with van der Waals surface area (Å²) in [7, 11) is -0.363. The first-order valence-electron chi connectivity index (χ1n) is 21.4. The average Bonchev–Trinajstić information content (AvgIpc) is 3.48. The molecule has 0 amide bonds. The summed E-state index contributed by atoms with van der Waals surface area (Å²) in [5.74, 6) is 0. The van der Waals surface area contributed by atoms with Gasteiger partial charge in [-0.1, -0.05) is 154 Å². The number of hydrogen-bond acceptors (Lipinski definition) is 3. The summed E-state index contributed by atoms with van der Waals surface area (Å²) in [6, 6.07) is 60.3. The molecule has 0 aromatic heterocycles. The average molecular weight is 774 g/mol. The molecule has 0 radical (unpaired) electrons. The van der Waals surface area contributed by atoms with Crippen molar-refractivity contribution in [3.63, 3.8) is 0 Å². The summed E-state index contributed by atoms with van der Waals surface area (Å²) in [5, 5.41) is 0. The lowest BCUT2D eigenvalue weighted by atomic mass is 9.78. The van der Waals surface area contributed by atoms with Gasteiger partial charge in [-0.05, 0) is 151 Å². The van der Waals surface area contributed by atoms with Gasteiger partial charge in [-0.2, -0.15) is 0 Å². The van der Waals surface area contributed by atoms with Gasteiger partial charge in [0.2, 0.25) is 0 Å². The third kappa shape index (κ3) is 8.57. The van der Waals surface area contributed by atoms with Crippen molar-refractivity contribution in [2.24, 2.45) is 0 Å². The molecule has 59 heavy (non-hydrogen) atoms. The molecule has 1 aliphatic heterocycles. The minimum atomic E-state index is -0.363. The van der Waals surface area contributed by atoms with Gasteiger partial charge >= 0.3 is 7.12 Å². The van der Waals surface area contributed by atoms with Gasteiger partial charge in [0, 0.05) is 17.1 Å². The first kappa shape index (κ1) is 40.1. The Bertz CT molecular complexity index is 2380. The molecule has 0 bridgehead atoms. The standard InChI is InChI=1S/C55H56BNO2/c1-8-10-40-12-16-42(17-13-40)46-26-32-50(33-27-46)57(51-34-28-47(29-35-51)43-18-14-41(11-9-2)15-19-43)52-36-37-53(39(3)38-52)48-22-20-44(21-23-48)45-24-30-49(31-25-45)56-58-54(4,5)55(6,7)59-56/h12-38H,8-11H2,1-7H3. The Hall–Kier alpha value is -5.68. The van der Waals surface area contributed by atoms with Gasteiger partial charge in [0.1, 0.15) is 0 Å². The van der Waals surface area contributed by atoms with E-state index in [1.165, 1.54) is 61.2 Å². The zero-order chi connectivity index (χ0) is 41.1. The molecule has 0 unspecified atom stereocenters. The molecule has 8 rings (SSSR count). The summed E-state index contributed by atoms with van der Waals surface area (Å²) in [4.78, 5) is 2.37. The summed E-state index contributed by atoms with van der Waals surface area (Å²) in [5.41, 5.74) is 17.3. The van der Waals surface area contributed by atoms with Gasteiger partial charge in [0.15, 0.2) is 0 Å². The van der Waals surface area contributed by atoms with E-state index in [-0.39, 0.29) is 18.3 Å². The highest BCUT2D eigenvalue weighted by Crippen LogP contribution is 2.40. The zero-order valence-corrected chi connectivity index (χ0v) is 35.8. The third-order valence-electron chi connectivity index (χ3n) is 12.3. The molecular weight excluding hydrogens is 717 g/mol. The molecule has 0 spiro atoms. The fraction of sp³-hybridized carbons (Fsp3) is 0.236. The summed E-state index contributed by atoms with van der Waals surface area (Å²) in [6.07, 6.45) is 4.54. The first-order valence-corrected chi connectivity index (χ1v) is 21.4. The molecule has 0 N–H and O–H groups in total. The van der Waals surface area contributed by atoms with Crippen LogP contribution in [0.1, 0.15) is 71.1 Å². The van der Waals surface area contributed by atoms with Gasteiger partial charge in [-0.3, -0.25) is 0 Å². The number of hydrogen-bond donors (Lipinski definition) is 0. The van der Waals surface area contributed by atoms with Gasteiger partial charge in [-0.25, -0.2) is 0 Å². The van der Waals surface area contributed by atoms with Crippen molar-refractivity contribution in [2.45, 2.75) is 85.4 Å². The van der Waals surface area contributed by atoms with E-state index in [1.807, 2.05) is 0 Å². The Morgan fingerprint density at radius 2 is 0.763 bits per heavy atom. The first-order chi connectivity index (χ1) is 28.5. The molecule has 0 atom stereocenters. The van der Waals surface area contributed by atoms with Crippen LogP contribution >= 0.6 is 0 Å². The fourth-order valence-electron chi connectivity index (χ4n) is 8.12. The van der Waals surface area contributed by atoms with Crippen molar-refractivity contribution in [1.82, 2.24) is 0 Å². The minimum absolute atomic E-state index is 0.361. The molecule has 1 aliphatic rings. The quantitative estimate of drug-likeness (QED) is 0.115. The van der Waals surface area contributed by atoms with Crippen molar-refractivity contribution in [3.8, 4) is 44.5 Å².